The van der Waals surface area contributed by atoms with Gasteiger partial charge in [-0.25, -0.2) is 14.2 Å². The minimum Gasteiger partial charge on any atom is -0.477 e. The van der Waals surface area contributed by atoms with Crippen molar-refractivity contribution < 1.29 is 14.3 Å². The van der Waals surface area contributed by atoms with Crippen LogP contribution in [0.15, 0.2) is 53.5 Å². The van der Waals surface area contributed by atoms with Gasteiger partial charge in [-0.05, 0) is 35.9 Å². The van der Waals surface area contributed by atoms with Gasteiger partial charge in [-0.2, -0.15) is 0 Å². The molecule has 0 spiro atoms. The topological polar surface area (TPSA) is 113 Å². The molecule has 1 atom stereocenters. The van der Waals surface area contributed by atoms with Crippen molar-refractivity contribution >= 4 is 39.3 Å². The molecule has 5 rings (SSSR count). The molecule has 168 valence electrons. The number of nitrogen functional groups attached to an aromatic ring is 1. The smallest absolute Gasteiger partial charge is 0.341 e. The van der Waals surface area contributed by atoms with E-state index in [0.29, 0.717) is 47.6 Å². The Hall–Kier alpha value is -3.98. The molecule has 3 heterocycles. The predicted molar refractivity (Wildman–Crippen MR) is 125 cm³/mol. The van der Waals surface area contributed by atoms with E-state index in [2.05, 4.69) is 10.3 Å². The van der Waals surface area contributed by atoms with Crippen molar-refractivity contribution in [3.05, 3.63) is 75.8 Å². The summed E-state index contributed by atoms with van der Waals surface area (Å²) in [5, 5.41) is 13.3. The molecule has 33 heavy (non-hydrogen) atoms. The molecule has 4 aromatic rings. The third-order valence-electron chi connectivity index (χ3n) is 6.09. The first-order chi connectivity index (χ1) is 15.8. The lowest BCUT2D eigenvalue weighted by Gasteiger charge is -2.35. The number of carbonyl (C=O) groups is 1. The lowest BCUT2D eigenvalue weighted by atomic mass is 10.0. The van der Waals surface area contributed by atoms with Gasteiger partial charge in [-0.15, -0.1) is 0 Å². The molecular weight excluding hydrogens is 425 g/mol. The Balaban J connectivity index is 1.57. The van der Waals surface area contributed by atoms with Crippen molar-refractivity contribution in [2.45, 2.75) is 6.04 Å². The van der Waals surface area contributed by atoms with Gasteiger partial charge >= 0.3 is 5.97 Å². The summed E-state index contributed by atoms with van der Waals surface area (Å²) in [7, 11) is 1.63. The predicted octanol–water partition coefficient (Wildman–Crippen LogP) is 2.66. The highest BCUT2D eigenvalue weighted by Gasteiger charge is 2.24. The summed E-state index contributed by atoms with van der Waals surface area (Å²) < 4.78 is 16.7. The number of rotatable bonds is 3. The number of aryl methyl sites for hydroxylation is 1. The van der Waals surface area contributed by atoms with Gasteiger partial charge < -0.3 is 25.6 Å². The normalized spacial score (nSPS) is 16.4. The van der Waals surface area contributed by atoms with Gasteiger partial charge in [-0.3, -0.25) is 4.79 Å². The maximum absolute atomic E-state index is 15.2. The number of hydrogen-bond acceptors (Lipinski definition) is 6. The minimum atomic E-state index is -1.31. The molecule has 0 aliphatic carbocycles. The summed E-state index contributed by atoms with van der Waals surface area (Å²) >= 11 is 0. The quantitative estimate of drug-likeness (QED) is 0.327. The summed E-state index contributed by atoms with van der Waals surface area (Å²) in [4.78, 5) is 30.5. The van der Waals surface area contributed by atoms with Crippen LogP contribution in [-0.4, -0.2) is 40.3 Å². The number of nitrogens with two attached hydrogens (primary N) is 1. The van der Waals surface area contributed by atoms with E-state index in [1.807, 2.05) is 29.2 Å². The molecule has 0 bridgehead atoms. The monoisotopic (exact) mass is 447 g/mol. The van der Waals surface area contributed by atoms with E-state index in [1.165, 1.54) is 22.9 Å². The van der Waals surface area contributed by atoms with Crippen LogP contribution in [0, 0.1) is 5.82 Å². The largest absolute Gasteiger partial charge is 0.477 e. The maximum Gasteiger partial charge on any atom is 0.341 e. The van der Waals surface area contributed by atoms with Gasteiger partial charge in [0.15, 0.2) is 0 Å². The van der Waals surface area contributed by atoms with Crippen molar-refractivity contribution in [1.29, 1.82) is 0 Å². The molecule has 8 nitrogen and oxygen atoms in total. The molecule has 1 saturated heterocycles. The third kappa shape index (κ3) is 3.66. The minimum absolute atomic E-state index is 0.0225. The van der Waals surface area contributed by atoms with E-state index >= 15 is 4.39 Å². The number of pyridine rings is 2. The summed E-state index contributed by atoms with van der Waals surface area (Å²) in [6.45, 7) is 1.88. The van der Waals surface area contributed by atoms with Crippen LogP contribution in [0.2, 0.25) is 0 Å². The SMILES string of the molecule is Cn1cc(C(=O)O)c(=O)c2cc3cc(F)c(N4CCNC(c5ccc(N)cc5)C4)cc3nc21. The number of benzene rings is 2. The molecule has 4 N–H and O–H groups in total. The zero-order valence-electron chi connectivity index (χ0n) is 17.9. The Morgan fingerprint density at radius 1 is 1.24 bits per heavy atom. The first-order valence-corrected chi connectivity index (χ1v) is 10.5. The molecule has 2 aromatic heterocycles. The van der Waals surface area contributed by atoms with Crippen molar-refractivity contribution in [2.75, 3.05) is 30.3 Å². The Morgan fingerprint density at radius 2 is 2.00 bits per heavy atom. The van der Waals surface area contributed by atoms with Crippen molar-refractivity contribution in [2.24, 2.45) is 7.05 Å². The van der Waals surface area contributed by atoms with Crippen molar-refractivity contribution in [1.82, 2.24) is 14.9 Å². The number of anilines is 2. The molecule has 2 aromatic carbocycles. The molecule has 1 aliphatic heterocycles. The fourth-order valence-corrected chi connectivity index (χ4v) is 4.38. The number of nitrogens with zero attached hydrogens (tertiary/aromatic N) is 3. The molecule has 0 amide bonds. The van der Waals surface area contributed by atoms with Gasteiger partial charge in [0.05, 0.1) is 16.6 Å². The number of nitrogens with one attached hydrogen (secondary N) is 1. The van der Waals surface area contributed by atoms with Crippen molar-refractivity contribution in [3.8, 4) is 0 Å². The fourth-order valence-electron chi connectivity index (χ4n) is 4.38. The van der Waals surface area contributed by atoms with Crippen LogP contribution in [-0.2, 0) is 7.05 Å². The zero-order valence-corrected chi connectivity index (χ0v) is 17.9. The Bertz CT molecular complexity index is 1470. The molecule has 1 fully saturated rings. The number of aromatic carboxylic acids is 1. The van der Waals surface area contributed by atoms with E-state index in [0.717, 1.165) is 5.56 Å². The maximum atomic E-state index is 15.2. The van der Waals surface area contributed by atoms with E-state index in [1.54, 1.807) is 13.1 Å². The van der Waals surface area contributed by atoms with Gasteiger partial charge in [0.2, 0.25) is 5.43 Å². The molecule has 0 saturated carbocycles. The van der Waals surface area contributed by atoms with Crippen LogP contribution in [0.5, 0.6) is 0 Å². The zero-order chi connectivity index (χ0) is 23.3. The first-order valence-electron chi connectivity index (χ1n) is 10.5. The van der Waals surface area contributed by atoms with E-state index in [9.17, 15) is 14.7 Å². The van der Waals surface area contributed by atoms with E-state index in [4.69, 9.17) is 5.73 Å². The number of halogens is 1. The number of fused-ring (bicyclic) bond motifs is 2. The van der Waals surface area contributed by atoms with Gasteiger partial charge in [0.25, 0.3) is 0 Å². The van der Waals surface area contributed by atoms with Crippen LogP contribution in [0.25, 0.3) is 21.9 Å². The summed E-state index contributed by atoms with van der Waals surface area (Å²) in [6.07, 6.45) is 1.25. The van der Waals surface area contributed by atoms with Gasteiger partial charge in [0, 0.05) is 50.0 Å². The average molecular weight is 447 g/mol. The Labute approximate surface area is 188 Å². The average Bonchev–Trinajstić information content (AvgIpc) is 2.80. The van der Waals surface area contributed by atoms with Gasteiger partial charge in [-0.1, -0.05) is 12.1 Å². The lowest BCUT2D eigenvalue weighted by Crippen LogP contribution is -2.46. The number of hydrogen-bond donors (Lipinski definition) is 3. The lowest BCUT2D eigenvalue weighted by molar-refractivity contribution is 0.0695. The standard InChI is InChI=1S/C24H22FN5O3/c1-29-11-17(24(32)33)22(31)16-8-14-9-18(25)21(10-19(14)28-23(16)29)30-7-6-27-20(12-30)13-2-4-15(26)5-3-13/h2-5,8-11,20,27H,6-7,12,26H2,1H3,(H,32,33). The van der Waals surface area contributed by atoms with Gasteiger partial charge in [0.1, 0.15) is 17.0 Å². The third-order valence-corrected chi connectivity index (χ3v) is 6.09. The van der Waals surface area contributed by atoms with Crippen LogP contribution in [0.3, 0.4) is 0 Å². The Morgan fingerprint density at radius 3 is 2.73 bits per heavy atom. The van der Waals surface area contributed by atoms with Crippen LogP contribution in [0.4, 0.5) is 15.8 Å². The van der Waals surface area contributed by atoms with Crippen LogP contribution in [0.1, 0.15) is 22.0 Å². The highest BCUT2D eigenvalue weighted by atomic mass is 19.1. The Kier molecular flexibility index (Phi) is 4.98. The van der Waals surface area contributed by atoms with E-state index in [-0.39, 0.29) is 17.0 Å². The van der Waals surface area contributed by atoms with Crippen LogP contribution < -0.4 is 21.4 Å². The highest BCUT2D eigenvalue weighted by Crippen LogP contribution is 2.30. The number of piperazine rings is 1. The second-order valence-corrected chi connectivity index (χ2v) is 8.26. The summed E-state index contributed by atoms with van der Waals surface area (Å²) in [6, 6.07) is 12.2. The number of aromatic nitrogens is 2. The second-order valence-electron chi connectivity index (χ2n) is 8.26. The number of carboxylic acids is 1. The molecule has 1 aliphatic rings. The first kappa shape index (κ1) is 20.9. The molecule has 0 radical (unpaired) electrons. The summed E-state index contributed by atoms with van der Waals surface area (Å²) in [5.74, 6) is -1.73. The fraction of sp³-hybridized carbons (Fsp3) is 0.208. The highest BCUT2D eigenvalue weighted by molar-refractivity contribution is 5.96. The van der Waals surface area contributed by atoms with E-state index < -0.39 is 17.2 Å². The summed E-state index contributed by atoms with van der Waals surface area (Å²) in [5.41, 5.74) is 7.87. The second kappa shape index (κ2) is 7.86. The molecular formula is C24H22FN5O3. The molecule has 9 heteroatoms. The molecule has 1 unspecified atom stereocenters. The number of carboxylic acid groups (broad SMARTS) is 1. The van der Waals surface area contributed by atoms with Crippen LogP contribution >= 0.6 is 0 Å². The van der Waals surface area contributed by atoms with Crippen molar-refractivity contribution in [3.63, 3.8) is 0 Å².